The van der Waals surface area contributed by atoms with Crippen molar-refractivity contribution in [3.63, 3.8) is 0 Å². The lowest BCUT2D eigenvalue weighted by molar-refractivity contribution is 0.596. The van der Waals surface area contributed by atoms with E-state index >= 15 is 0 Å². The van der Waals surface area contributed by atoms with E-state index in [4.69, 9.17) is 4.42 Å². The fraction of sp³-hybridized carbons (Fsp3) is 0.0476. The maximum absolute atomic E-state index is 6.62. The molecule has 0 unspecified atom stereocenters. The topological polar surface area (TPSA) is 13.1 Å². The number of aryl methyl sites for hydroxylation is 1. The van der Waals surface area contributed by atoms with Crippen LogP contribution in [-0.4, -0.2) is 0 Å². The summed E-state index contributed by atoms with van der Waals surface area (Å²) in [4.78, 5) is 0. The van der Waals surface area contributed by atoms with Crippen LogP contribution in [-0.2, 0) is 6.42 Å². The fourth-order valence-corrected chi connectivity index (χ4v) is 7.30. The second kappa shape index (κ2) is 9.58. The molecule has 0 atom stereocenters. The van der Waals surface area contributed by atoms with Gasteiger partial charge in [0.1, 0.15) is 11.3 Å². The lowest BCUT2D eigenvalue weighted by atomic mass is 9.83. The summed E-state index contributed by atoms with van der Waals surface area (Å²) in [6.07, 6.45) is 6.44. The number of benzene rings is 7. The van der Waals surface area contributed by atoms with Gasteiger partial charge in [0.15, 0.2) is 0 Å². The Hall–Kier alpha value is -5.40. The van der Waals surface area contributed by atoms with Crippen molar-refractivity contribution >= 4 is 49.4 Å². The van der Waals surface area contributed by atoms with Crippen LogP contribution in [0.1, 0.15) is 17.7 Å². The third kappa shape index (κ3) is 3.65. The summed E-state index contributed by atoms with van der Waals surface area (Å²) >= 11 is 0. The highest BCUT2D eigenvalue weighted by Crippen LogP contribution is 2.48. The van der Waals surface area contributed by atoms with Crippen molar-refractivity contribution in [3.8, 4) is 33.4 Å². The molecule has 0 N–H and O–H groups in total. The summed E-state index contributed by atoms with van der Waals surface area (Å²) in [7, 11) is 0. The molecule has 0 amide bonds. The molecule has 1 aromatic heterocycles. The minimum absolute atomic E-state index is 0.985. The van der Waals surface area contributed by atoms with Gasteiger partial charge >= 0.3 is 0 Å². The third-order valence-electron chi connectivity index (χ3n) is 9.16. The first-order chi connectivity index (χ1) is 21.4. The molecule has 1 heteroatoms. The lowest BCUT2D eigenvalue weighted by Crippen LogP contribution is -1.93. The van der Waals surface area contributed by atoms with Gasteiger partial charge in [0.2, 0.25) is 0 Å². The second-order valence-electron chi connectivity index (χ2n) is 11.5. The van der Waals surface area contributed by atoms with E-state index in [2.05, 4.69) is 146 Å². The minimum atomic E-state index is 0.985. The third-order valence-corrected chi connectivity index (χ3v) is 9.16. The zero-order valence-electron chi connectivity index (χ0n) is 23.7. The largest absolute Gasteiger partial charge is 0.456 e. The first-order valence-electron chi connectivity index (χ1n) is 15.1. The average molecular weight is 549 g/mol. The number of allylic oxidation sites excluding steroid dienone is 1. The Morgan fingerprint density at radius 2 is 0.930 bits per heavy atom. The molecule has 0 fully saturated rings. The van der Waals surface area contributed by atoms with Crippen LogP contribution < -0.4 is 0 Å². The van der Waals surface area contributed by atoms with Crippen LogP contribution in [0.15, 0.2) is 144 Å². The highest BCUT2D eigenvalue weighted by molar-refractivity contribution is 6.24. The Bertz CT molecular complexity index is 2340. The van der Waals surface area contributed by atoms with E-state index in [0.29, 0.717) is 0 Å². The minimum Gasteiger partial charge on any atom is -0.456 e. The van der Waals surface area contributed by atoms with Crippen LogP contribution >= 0.6 is 0 Å². The molecule has 8 aromatic rings. The van der Waals surface area contributed by atoms with E-state index in [1.807, 2.05) is 0 Å². The molecule has 0 bridgehead atoms. The summed E-state index contributed by atoms with van der Waals surface area (Å²) in [5.41, 5.74) is 9.72. The number of hydrogen-bond acceptors (Lipinski definition) is 1. The molecule has 1 aliphatic carbocycles. The molecular formula is C42H28O. The molecule has 0 saturated carbocycles. The van der Waals surface area contributed by atoms with E-state index in [1.165, 1.54) is 71.1 Å². The number of furan rings is 1. The predicted molar refractivity (Wildman–Crippen MR) is 182 cm³/mol. The van der Waals surface area contributed by atoms with Crippen molar-refractivity contribution in [3.05, 3.63) is 151 Å². The quantitative estimate of drug-likeness (QED) is 0.200. The number of hydrogen-bond donors (Lipinski definition) is 0. The molecule has 0 radical (unpaired) electrons. The Balaban J connectivity index is 1.40. The molecule has 7 aromatic carbocycles. The highest BCUT2D eigenvalue weighted by atomic mass is 16.3. The van der Waals surface area contributed by atoms with Gasteiger partial charge in [-0.25, -0.2) is 0 Å². The van der Waals surface area contributed by atoms with Gasteiger partial charge in [-0.1, -0.05) is 140 Å². The number of fused-ring (bicyclic) bond motifs is 6. The van der Waals surface area contributed by atoms with Crippen molar-refractivity contribution in [2.45, 2.75) is 12.8 Å². The first kappa shape index (κ1) is 24.2. The maximum atomic E-state index is 6.62. The maximum Gasteiger partial charge on any atom is 0.142 e. The molecule has 1 heterocycles. The SMILES string of the molecule is C1=Cc2oc3c(-c4c5ccccc5c(-c5ccccc5-c5cccc6ccccc56)c5ccccc45)cccc3c2CC1. The van der Waals surface area contributed by atoms with Gasteiger partial charge in [-0.2, -0.15) is 0 Å². The van der Waals surface area contributed by atoms with E-state index < -0.39 is 0 Å². The highest BCUT2D eigenvalue weighted by Gasteiger charge is 2.23. The standard InChI is InChI=1S/C42H28O/c1-2-15-28-27(13-1)14-11-23-29(28)30-16-3-4-18-32(30)40-33-19-5-7-21-35(33)41(36-22-8-6-20-34(36)40)38-25-12-24-37-31-17-9-10-26-39(31)43-42(37)38/h1-8,10-16,18-26H,9,17H2. The van der Waals surface area contributed by atoms with Crippen molar-refractivity contribution in [2.24, 2.45) is 0 Å². The Morgan fingerprint density at radius 1 is 0.419 bits per heavy atom. The summed E-state index contributed by atoms with van der Waals surface area (Å²) in [5, 5.41) is 8.72. The van der Waals surface area contributed by atoms with Crippen LogP contribution in [0.4, 0.5) is 0 Å². The van der Waals surface area contributed by atoms with Crippen LogP contribution in [0, 0.1) is 0 Å². The predicted octanol–water partition coefficient (Wildman–Crippen LogP) is 11.9. The van der Waals surface area contributed by atoms with Crippen molar-refractivity contribution < 1.29 is 4.42 Å². The zero-order chi connectivity index (χ0) is 28.3. The molecule has 1 nitrogen and oxygen atoms in total. The summed E-state index contributed by atoms with van der Waals surface area (Å²) < 4.78 is 6.62. The molecule has 9 rings (SSSR count). The second-order valence-corrected chi connectivity index (χ2v) is 11.5. The summed E-state index contributed by atoms with van der Waals surface area (Å²) in [6, 6.07) is 48.7. The van der Waals surface area contributed by atoms with Crippen molar-refractivity contribution in [1.29, 1.82) is 0 Å². The Kier molecular flexibility index (Phi) is 5.39. The first-order valence-corrected chi connectivity index (χ1v) is 15.1. The molecule has 0 spiro atoms. The molecular weight excluding hydrogens is 520 g/mol. The molecule has 43 heavy (non-hydrogen) atoms. The molecule has 0 saturated heterocycles. The number of para-hydroxylation sites is 1. The average Bonchev–Trinajstić information content (AvgIpc) is 3.46. The van der Waals surface area contributed by atoms with Crippen molar-refractivity contribution in [2.75, 3.05) is 0 Å². The van der Waals surface area contributed by atoms with Gasteiger partial charge in [-0.05, 0) is 73.5 Å². The monoisotopic (exact) mass is 548 g/mol. The van der Waals surface area contributed by atoms with Gasteiger partial charge < -0.3 is 4.42 Å². The van der Waals surface area contributed by atoms with Gasteiger partial charge in [0.05, 0.1) is 0 Å². The summed E-state index contributed by atoms with van der Waals surface area (Å²) in [6.45, 7) is 0. The molecule has 1 aliphatic rings. The van der Waals surface area contributed by atoms with Crippen LogP contribution in [0.5, 0.6) is 0 Å². The number of rotatable bonds is 3. The Morgan fingerprint density at radius 3 is 1.67 bits per heavy atom. The summed E-state index contributed by atoms with van der Waals surface area (Å²) in [5.74, 6) is 1.00. The van der Waals surface area contributed by atoms with E-state index in [9.17, 15) is 0 Å². The smallest absolute Gasteiger partial charge is 0.142 e. The zero-order valence-corrected chi connectivity index (χ0v) is 23.7. The lowest BCUT2D eigenvalue weighted by Gasteiger charge is -2.20. The van der Waals surface area contributed by atoms with E-state index in [0.717, 1.165) is 29.7 Å². The van der Waals surface area contributed by atoms with Crippen LogP contribution in [0.2, 0.25) is 0 Å². The fourth-order valence-electron chi connectivity index (χ4n) is 7.30. The van der Waals surface area contributed by atoms with Gasteiger partial charge in [0, 0.05) is 22.1 Å². The van der Waals surface area contributed by atoms with Gasteiger partial charge in [-0.3, -0.25) is 0 Å². The van der Waals surface area contributed by atoms with Gasteiger partial charge in [-0.15, -0.1) is 0 Å². The van der Waals surface area contributed by atoms with Gasteiger partial charge in [0.25, 0.3) is 0 Å². The van der Waals surface area contributed by atoms with Crippen LogP contribution in [0.3, 0.4) is 0 Å². The Labute approximate surface area is 250 Å². The van der Waals surface area contributed by atoms with E-state index in [-0.39, 0.29) is 0 Å². The molecule has 202 valence electrons. The molecule has 0 aliphatic heterocycles. The van der Waals surface area contributed by atoms with Crippen LogP contribution in [0.25, 0.3) is 82.7 Å². The van der Waals surface area contributed by atoms with E-state index in [1.54, 1.807) is 0 Å². The van der Waals surface area contributed by atoms with Crippen molar-refractivity contribution in [1.82, 2.24) is 0 Å². The normalized spacial score (nSPS) is 12.8.